The fraction of sp³-hybridized carbons (Fsp3) is 0.182. The number of ether oxygens (including phenoxy) is 1. The number of hydrogen-bond donors (Lipinski definition) is 1. The zero-order valence-electron chi connectivity index (χ0n) is 9.28. The second kappa shape index (κ2) is 5.50. The molecule has 1 heterocycles. The Kier molecular flexibility index (Phi) is 3.78. The van der Waals surface area contributed by atoms with Crippen LogP contribution in [0.25, 0.3) is 0 Å². The number of hydrogen-bond acceptors (Lipinski definition) is 4. The van der Waals surface area contributed by atoms with Crippen molar-refractivity contribution in [1.82, 2.24) is 15.0 Å². The minimum absolute atomic E-state index is 0.184. The van der Waals surface area contributed by atoms with E-state index in [9.17, 15) is 4.79 Å². The summed E-state index contributed by atoms with van der Waals surface area (Å²) in [5, 5.41) is 16.6. The summed E-state index contributed by atoms with van der Waals surface area (Å²) in [6.45, 7) is -0.0392. The van der Waals surface area contributed by atoms with Gasteiger partial charge in [-0.05, 0) is 12.1 Å². The highest BCUT2D eigenvalue weighted by Crippen LogP contribution is 2.23. The van der Waals surface area contributed by atoms with E-state index in [0.29, 0.717) is 16.5 Å². The smallest absolute Gasteiger partial charge is 0.325 e. The molecule has 0 fully saturated rings. The average Bonchev–Trinajstić information content (AvgIpc) is 2.75. The zero-order chi connectivity index (χ0) is 13.0. The molecule has 0 aliphatic heterocycles. The molecular weight excluding hydrogens is 258 g/mol. The van der Waals surface area contributed by atoms with Crippen molar-refractivity contribution < 1.29 is 14.6 Å². The van der Waals surface area contributed by atoms with Gasteiger partial charge in [0.25, 0.3) is 0 Å². The molecular formula is C11H10ClN3O3. The third-order valence-electron chi connectivity index (χ3n) is 2.10. The summed E-state index contributed by atoms with van der Waals surface area (Å²) in [5.74, 6) is -0.426. The van der Waals surface area contributed by atoms with E-state index in [1.165, 1.54) is 10.9 Å². The van der Waals surface area contributed by atoms with E-state index in [2.05, 4.69) is 10.3 Å². The number of carboxylic acids is 1. The summed E-state index contributed by atoms with van der Waals surface area (Å²) in [5.41, 5.74) is 0.538. The van der Waals surface area contributed by atoms with Gasteiger partial charge < -0.3 is 9.84 Å². The molecule has 2 rings (SSSR count). The summed E-state index contributed by atoms with van der Waals surface area (Å²) >= 11 is 5.92. The molecule has 7 heteroatoms. The topological polar surface area (TPSA) is 77.2 Å². The monoisotopic (exact) mass is 267 g/mol. The van der Waals surface area contributed by atoms with Crippen LogP contribution in [0.5, 0.6) is 5.75 Å². The maximum atomic E-state index is 10.5. The minimum atomic E-state index is -0.974. The van der Waals surface area contributed by atoms with Gasteiger partial charge in [-0.1, -0.05) is 28.9 Å². The molecule has 0 atom stereocenters. The summed E-state index contributed by atoms with van der Waals surface area (Å²) < 4.78 is 6.68. The molecule has 0 bridgehead atoms. The van der Waals surface area contributed by atoms with E-state index in [0.717, 1.165) is 0 Å². The van der Waals surface area contributed by atoms with Crippen LogP contribution in [0.15, 0.2) is 30.5 Å². The normalized spacial score (nSPS) is 10.3. The van der Waals surface area contributed by atoms with Crippen LogP contribution in [0.2, 0.25) is 5.02 Å². The Labute approximate surface area is 108 Å². The average molecular weight is 268 g/mol. The quantitative estimate of drug-likeness (QED) is 0.890. The molecule has 0 unspecified atom stereocenters. The Morgan fingerprint density at radius 1 is 1.44 bits per heavy atom. The van der Waals surface area contributed by atoms with Crippen LogP contribution in [-0.4, -0.2) is 26.1 Å². The van der Waals surface area contributed by atoms with Crippen LogP contribution in [0.1, 0.15) is 5.69 Å². The summed E-state index contributed by atoms with van der Waals surface area (Å²) in [6, 6.07) is 7.07. The highest BCUT2D eigenvalue weighted by atomic mass is 35.5. The number of halogens is 1. The molecule has 0 amide bonds. The second-order valence-corrected chi connectivity index (χ2v) is 3.93. The lowest BCUT2D eigenvalue weighted by atomic mass is 10.3. The van der Waals surface area contributed by atoms with Crippen LogP contribution >= 0.6 is 11.6 Å². The van der Waals surface area contributed by atoms with Crippen molar-refractivity contribution >= 4 is 17.6 Å². The molecule has 6 nitrogen and oxygen atoms in total. The van der Waals surface area contributed by atoms with Gasteiger partial charge in [0.1, 0.15) is 24.6 Å². The maximum absolute atomic E-state index is 10.5. The fourth-order valence-corrected chi connectivity index (χ4v) is 1.52. The van der Waals surface area contributed by atoms with Crippen molar-refractivity contribution in [1.29, 1.82) is 0 Å². The molecule has 1 N–H and O–H groups in total. The first-order chi connectivity index (χ1) is 8.65. The highest BCUT2D eigenvalue weighted by Gasteiger charge is 2.06. The van der Waals surface area contributed by atoms with E-state index in [1.54, 1.807) is 18.2 Å². The standard InChI is InChI=1S/C11H10ClN3O3/c12-9-3-1-2-4-10(9)18-7-8-5-15(14-13-8)6-11(16)17/h1-5H,6-7H2,(H,16,17). The van der Waals surface area contributed by atoms with Crippen molar-refractivity contribution in [3.8, 4) is 5.75 Å². The number of aliphatic carboxylic acids is 1. The van der Waals surface area contributed by atoms with Crippen LogP contribution in [0.3, 0.4) is 0 Å². The van der Waals surface area contributed by atoms with Gasteiger partial charge in [0.2, 0.25) is 0 Å². The van der Waals surface area contributed by atoms with Crippen LogP contribution in [0.4, 0.5) is 0 Å². The predicted octanol–water partition coefficient (Wildman–Crippen LogP) is 1.60. The van der Waals surface area contributed by atoms with Crippen LogP contribution < -0.4 is 4.74 Å². The molecule has 18 heavy (non-hydrogen) atoms. The van der Waals surface area contributed by atoms with E-state index in [4.69, 9.17) is 21.4 Å². The molecule has 0 aliphatic rings. The van der Waals surface area contributed by atoms with E-state index in [-0.39, 0.29) is 13.2 Å². The fourth-order valence-electron chi connectivity index (χ4n) is 1.33. The lowest BCUT2D eigenvalue weighted by molar-refractivity contribution is -0.137. The SMILES string of the molecule is O=C(O)Cn1cc(COc2ccccc2Cl)nn1. The number of para-hydroxylation sites is 1. The predicted molar refractivity (Wildman–Crippen MR) is 63.4 cm³/mol. The van der Waals surface area contributed by atoms with Gasteiger partial charge in [-0.15, -0.1) is 5.10 Å². The third kappa shape index (κ3) is 3.21. The van der Waals surface area contributed by atoms with Crippen molar-refractivity contribution in [2.75, 3.05) is 0 Å². The highest BCUT2D eigenvalue weighted by molar-refractivity contribution is 6.32. The number of carboxylic acid groups (broad SMARTS) is 1. The number of rotatable bonds is 5. The van der Waals surface area contributed by atoms with Gasteiger partial charge in [-0.3, -0.25) is 4.79 Å². The molecule has 0 spiro atoms. The zero-order valence-corrected chi connectivity index (χ0v) is 10.0. The number of benzene rings is 1. The van der Waals surface area contributed by atoms with Crippen molar-refractivity contribution in [2.24, 2.45) is 0 Å². The summed E-state index contributed by atoms with van der Waals surface area (Å²) in [4.78, 5) is 10.5. The Morgan fingerprint density at radius 2 is 2.22 bits per heavy atom. The van der Waals surface area contributed by atoms with E-state index >= 15 is 0 Å². The van der Waals surface area contributed by atoms with Gasteiger partial charge in [0.05, 0.1) is 11.2 Å². The molecule has 2 aromatic rings. The first-order valence-electron chi connectivity index (χ1n) is 5.13. The van der Waals surface area contributed by atoms with Crippen LogP contribution in [0, 0.1) is 0 Å². The Morgan fingerprint density at radius 3 is 2.94 bits per heavy atom. The van der Waals surface area contributed by atoms with Crippen LogP contribution in [-0.2, 0) is 17.9 Å². The van der Waals surface area contributed by atoms with Crippen molar-refractivity contribution in [3.05, 3.63) is 41.2 Å². The molecule has 0 saturated heterocycles. The van der Waals surface area contributed by atoms with E-state index < -0.39 is 5.97 Å². The second-order valence-electron chi connectivity index (χ2n) is 3.52. The number of carbonyl (C=O) groups is 1. The van der Waals surface area contributed by atoms with Gasteiger partial charge in [0, 0.05) is 0 Å². The summed E-state index contributed by atoms with van der Waals surface area (Å²) in [7, 11) is 0. The van der Waals surface area contributed by atoms with Gasteiger partial charge in [0.15, 0.2) is 0 Å². The lowest BCUT2D eigenvalue weighted by Gasteiger charge is -2.04. The Hall–Kier alpha value is -2.08. The number of aromatic nitrogens is 3. The molecule has 1 aromatic heterocycles. The molecule has 94 valence electrons. The number of nitrogens with zero attached hydrogens (tertiary/aromatic N) is 3. The molecule has 0 aliphatic carbocycles. The van der Waals surface area contributed by atoms with Gasteiger partial charge >= 0.3 is 5.97 Å². The lowest BCUT2D eigenvalue weighted by Crippen LogP contribution is -2.08. The molecule has 0 radical (unpaired) electrons. The first kappa shape index (κ1) is 12.4. The van der Waals surface area contributed by atoms with Crippen molar-refractivity contribution in [2.45, 2.75) is 13.2 Å². The van der Waals surface area contributed by atoms with Gasteiger partial charge in [-0.2, -0.15) is 0 Å². The molecule has 0 saturated carbocycles. The first-order valence-corrected chi connectivity index (χ1v) is 5.51. The Bertz CT molecular complexity index is 556. The van der Waals surface area contributed by atoms with E-state index in [1.807, 2.05) is 6.07 Å². The van der Waals surface area contributed by atoms with Gasteiger partial charge in [-0.25, -0.2) is 4.68 Å². The largest absolute Gasteiger partial charge is 0.486 e. The maximum Gasteiger partial charge on any atom is 0.325 e. The van der Waals surface area contributed by atoms with Crippen molar-refractivity contribution in [3.63, 3.8) is 0 Å². The third-order valence-corrected chi connectivity index (χ3v) is 2.41. The minimum Gasteiger partial charge on any atom is -0.486 e. The Balaban J connectivity index is 1.96. The summed E-state index contributed by atoms with van der Waals surface area (Å²) in [6.07, 6.45) is 1.52. The molecule has 1 aromatic carbocycles.